The first-order valence-corrected chi connectivity index (χ1v) is 10.9. The highest BCUT2D eigenvalue weighted by molar-refractivity contribution is 9.10. The second kappa shape index (κ2) is 14.7. The quantitative estimate of drug-likeness (QED) is 0.272. The highest BCUT2D eigenvalue weighted by Crippen LogP contribution is 2.25. The molecule has 0 saturated heterocycles. The van der Waals surface area contributed by atoms with E-state index in [0.29, 0.717) is 0 Å². The van der Waals surface area contributed by atoms with E-state index in [1.807, 2.05) is 19.1 Å². The van der Waals surface area contributed by atoms with E-state index in [2.05, 4.69) is 114 Å². The number of hydrazine groups is 1. The fourth-order valence-electron chi connectivity index (χ4n) is 3.08. The maximum absolute atomic E-state index is 6.34. The van der Waals surface area contributed by atoms with Crippen LogP contribution in [0.4, 0.5) is 0 Å². The van der Waals surface area contributed by atoms with Gasteiger partial charge in [0.2, 0.25) is 0 Å². The molecule has 30 heavy (non-hydrogen) atoms. The van der Waals surface area contributed by atoms with Gasteiger partial charge in [-0.1, -0.05) is 94.3 Å². The Kier molecular flexibility index (Phi) is 12.6. The predicted octanol–water partition coefficient (Wildman–Crippen LogP) is 6.52. The molecule has 0 spiro atoms. The first-order valence-electron chi connectivity index (χ1n) is 10.1. The monoisotopic (exact) mass is 467 g/mol. The lowest BCUT2D eigenvalue weighted by Gasteiger charge is -2.16. The van der Waals surface area contributed by atoms with Crippen molar-refractivity contribution < 1.29 is 0 Å². The summed E-state index contributed by atoms with van der Waals surface area (Å²) in [4.78, 5) is 0. The van der Waals surface area contributed by atoms with Crippen LogP contribution in [0.1, 0.15) is 49.4 Å². The maximum Gasteiger partial charge on any atom is 0.0548 e. The Hall–Kier alpha value is -2.24. The minimum atomic E-state index is -0.0172. The van der Waals surface area contributed by atoms with Gasteiger partial charge in [-0.05, 0) is 68.0 Å². The van der Waals surface area contributed by atoms with Gasteiger partial charge in [0.1, 0.15) is 0 Å². The molecule has 0 radical (unpaired) electrons. The van der Waals surface area contributed by atoms with E-state index in [4.69, 9.17) is 5.73 Å². The van der Waals surface area contributed by atoms with Crippen LogP contribution < -0.4 is 17.4 Å². The highest BCUT2D eigenvalue weighted by atomic mass is 79.9. The number of aryl methyl sites for hydroxylation is 1. The van der Waals surface area contributed by atoms with E-state index in [-0.39, 0.29) is 6.04 Å². The highest BCUT2D eigenvalue weighted by Gasteiger charge is 2.11. The molecule has 1 aliphatic carbocycles. The van der Waals surface area contributed by atoms with E-state index in [0.717, 1.165) is 17.3 Å². The molecule has 1 atom stereocenters. The smallest absolute Gasteiger partial charge is 0.0548 e. The molecular weight excluding hydrogens is 434 g/mol. The predicted molar refractivity (Wildman–Crippen MR) is 136 cm³/mol. The van der Waals surface area contributed by atoms with Crippen LogP contribution in [0.2, 0.25) is 0 Å². The van der Waals surface area contributed by atoms with Crippen LogP contribution in [0.3, 0.4) is 0 Å². The largest absolute Gasteiger partial charge is 0.320 e. The summed E-state index contributed by atoms with van der Waals surface area (Å²) in [7, 11) is 0. The van der Waals surface area contributed by atoms with E-state index in [1.165, 1.54) is 27.8 Å². The molecule has 0 saturated carbocycles. The fourth-order valence-corrected chi connectivity index (χ4v) is 3.60. The lowest BCUT2D eigenvalue weighted by molar-refractivity contribution is 0.843. The summed E-state index contributed by atoms with van der Waals surface area (Å²) in [6.07, 6.45) is 15.1. The van der Waals surface area contributed by atoms with Crippen molar-refractivity contribution in [1.29, 1.82) is 0 Å². The van der Waals surface area contributed by atoms with E-state index in [1.54, 1.807) is 0 Å². The molecular formula is C26H34BrN3. The van der Waals surface area contributed by atoms with Crippen molar-refractivity contribution in [2.24, 2.45) is 17.4 Å². The summed E-state index contributed by atoms with van der Waals surface area (Å²) < 4.78 is 1.15. The van der Waals surface area contributed by atoms with Crippen LogP contribution in [0.15, 0.2) is 95.0 Å². The van der Waals surface area contributed by atoms with Crippen LogP contribution in [0, 0.1) is 6.92 Å². The lowest BCUT2D eigenvalue weighted by Crippen LogP contribution is -2.13. The van der Waals surface area contributed by atoms with Gasteiger partial charge in [0.05, 0.1) is 6.04 Å². The van der Waals surface area contributed by atoms with Gasteiger partial charge in [-0.25, -0.2) is 0 Å². The molecule has 0 fully saturated rings. The number of allylic oxidation sites excluding steroid dienone is 6. The Morgan fingerprint density at radius 3 is 2.20 bits per heavy atom. The van der Waals surface area contributed by atoms with Crippen LogP contribution in [-0.4, -0.2) is 0 Å². The van der Waals surface area contributed by atoms with Gasteiger partial charge < -0.3 is 5.73 Å². The maximum atomic E-state index is 6.34. The average Bonchev–Trinajstić information content (AvgIpc) is 2.79. The molecule has 1 unspecified atom stereocenters. The summed E-state index contributed by atoms with van der Waals surface area (Å²) in [6, 6.07) is 16.8. The molecule has 1 aliphatic rings. The molecule has 0 aliphatic heterocycles. The zero-order chi connectivity index (χ0) is 22.4. The number of hydrogen-bond acceptors (Lipinski definition) is 3. The molecule has 3 nitrogen and oxygen atoms in total. The molecule has 2 aromatic rings. The van der Waals surface area contributed by atoms with Crippen LogP contribution in [0.5, 0.6) is 0 Å². The third-order valence-corrected chi connectivity index (χ3v) is 5.12. The van der Waals surface area contributed by atoms with Crippen molar-refractivity contribution in [2.45, 2.75) is 39.7 Å². The second-order valence-electron chi connectivity index (χ2n) is 6.83. The third kappa shape index (κ3) is 8.64. The molecule has 0 amide bonds. The second-order valence-corrected chi connectivity index (χ2v) is 7.74. The van der Waals surface area contributed by atoms with Gasteiger partial charge in [0.15, 0.2) is 0 Å². The van der Waals surface area contributed by atoms with Gasteiger partial charge in [-0.3, -0.25) is 11.7 Å². The van der Waals surface area contributed by atoms with Gasteiger partial charge in [-0.15, -0.1) is 0 Å². The molecule has 160 valence electrons. The first-order chi connectivity index (χ1) is 14.5. The zero-order valence-corrected chi connectivity index (χ0v) is 19.8. The third-order valence-electron chi connectivity index (χ3n) is 4.62. The van der Waals surface area contributed by atoms with Crippen molar-refractivity contribution in [3.8, 4) is 0 Å². The molecule has 6 N–H and O–H groups in total. The first kappa shape index (κ1) is 25.8. The Bertz CT molecular complexity index is 860. The number of rotatable bonds is 4. The van der Waals surface area contributed by atoms with Gasteiger partial charge >= 0.3 is 0 Å². The number of nitrogens with two attached hydrogens (primary N) is 3. The van der Waals surface area contributed by atoms with Crippen molar-refractivity contribution in [3.05, 3.63) is 112 Å². The SMILES string of the molecule is C/C=C\C(=C/C)c1ccc(C(N)C2=CCCC=C2)cc1.Cc1cccc(Br)c1.NN. The van der Waals surface area contributed by atoms with E-state index >= 15 is 0 Å². The Morgan fingerprint density at radius 1 is 1.03 bits per heavy atom. The summed E-state index contributed by atoms with van der Waals surface area (Å²) in [5.41, 5.74) is 12.5. The van der Waals surface area contributed by atoms with Crippen molar-refractivity contribution >= 4 is 21.5 Å². The fraction of sp³-hybridized carbons (Fsp3) is 0.231. The molecule has 0 heterocycles. The Labute approximate surface area is 190 Å². The normalized spacial score (nSPS) is 14.2. The summed E-state index contributed by atoms with van der Waals surface area (Å²) in [5, 5.41) is 0. The van der Waals surface area contributed by atoms with Crippen LogP contribution >= 0.6 is 15.9 Å². The average molecular weight is 468 g/mol. The van der Waals surface area contributed by atoms with Gasteiger partial charge in [0, 0.05) is 4.47 Å². The number of benzene rings is 2. The Balaban J connectivity index is 0.000000375. The van der Waals surface area contributed by atoms with Crippen LogP contribution in [-0.2, 0) is 0 Å². The molecule has 0 bridgehead atoms. The van der Waals surface area contributed by atoms with Crippen molar-refractivity contribution in [3.63, 3.8) is 0 Å². The Morgan fingerprint density at radius 2 is 1.73 bits per heavy atom. The summed E-state index contributed by atoms with van der Waals surface area (Å²) in [6.45, 7) is 6.17. The summed E-state index contributed by atoms with van der Waals surface area (Å²) >= 11 is 3.36. The number of hydrogen-bond donors (Lipinski definition) is 3. The standard InChI is InChI=1S/C19H23N.C7H7Br.H4N2/c1-3-8-15(4-2)16-11-13-18(14-12-16)19(20)17-9-6-5-7-10-17;1-6-3-2-4-7(8)5-6;1-2/h3-4,6,8-14,19H,5,7,20H2,1-2H3;2-5H,1H3;1-2H2/b8-3-,15-4+;;. The minimum absolute atomic E-state index is 0.0172. The van der Waals surface area contributed by atoms with E-state index < -0.39 is 0 Å². The zero-order valence-electron chi connectivity index (χ0n) is 18.2. The molecule has 0 aromatic heterocycles. The van der Waals surface area contributed by atoms with Crippen LogP contribution in [0.25, 0.3) is 5.57 Å². The lowest BCUT2D eigenvalue weighted by atomic mass is 9.93. The van der Waals surface area contributed by atoms with Crippen molar-refractivity contribution in [2.75, 3.05) is 0 Å². The van der Waals surface area contributed by atoms with Crippen molar-refractivity contribution in [1.82, 2.24) is 0 Å². The van der Waals surface area contributed by atoms with Gasteiger partial charge in [0.25, 0.3) is 0 Å². The minimum Gasteiger partial charge on any atom is -0.320 e. The van der Waals surface area contributed by atoms with Gasteiger partial charge in [-0.2, -0.15) is 0 Å². The van der Waals surface area contributed by atoms with E-state index in [9.17, 15) is 0 Å². The summed E-state index contributed by atoms with van der Waals surface area (Å²) in [5.74, 6) is 8.00. The molecule has 2 aromatic carbocycles. The molecule has 4 heteroatoms. The topological polar surface area (TPSA) is 78.1 Å². The molecule has 3 rings (SSSR count). The number of halogens is 1.